The largest absolute Gasteiger partial charge is 0.423 e. The Kier molecular flexibility index (Phi) is 16.2. The minimum atomic E-state index is -0.537. The molecule has 3 aromatic rings. The van der Waals surface area contributed by atoms with E-state index in [-0.39, 0.29) is 36.6 Å². The fraction of sp³-hybridized carbons (Fsp3) is 0.148. The number of aryl methyl sites for hydroxylation is 2. The smallest absolute Gasteiger partial charge is 0.373 e. The van der Waals surface area contributed by atoms with Gasteiger partial charge in [-0.2, -0.15) is 19.2 Å². The number of aliphatic imine (C=N–C) groups is 1. The first-order chi connectivity index (χ1) is 18.6. The molecule has 13 heteroatoms. The van der Waals surface area contributed by atoms with Crippen molar-refractivity contribution in [2.24, 2.45) is 16.5 Å². The molecule has 210 valence electrons. The minimum Gasteiger partial charge on any atom is -0.423 e. The lowest BCUT2D eigenvalue weighted by Crippen LogP contribution is -2.26. The molecule has 0 spiro atoms. The highest BCUT2D eigenvalue weighted by Gasteiger charge is 2.14. The lowest BCUT2D eigenvalue weighted by molar-refractivity contribution is -0.193. The van der Waals surface area contributed by atoms with Crippen molar-refractivity contribution >= 4 is 65.5 Å². The van der Waals surface area contributed by atoms with E-state index in [1.165, 1.54) is 0 Å². The van der Waals surface area contributed by atoms with Crippen molar-refractivity contribution in [1.29, 1.82) is 0 Å². The molecular formula is C27H26Cl2N4O7. The van der Waals surface area contributed by atoms with Gasteiger partial charge in [0.15, 0.2) is 5.96 Å². The zero-order valence-corrected chi connectivity index (χ0v) is 23.0. The lowest BCUT2D eigenvalue weighted by atomic mass is 10.1. The van der Waals surface area contributed by atoms with Crippen molar-refractivity contribution < 1.29 is 33.5 Å². The topological polar surface area (TPSA) is 179 Å². The van der Waals surface area contributed by atoms with Crippen LogP contribution in [-0.4, -0.2) is 37.2 Å². The SMILES string of the molecule is Cc1cccc(N(C)C(=O)CCc2ccc(OC(=O)c3ccc(N=C(N)N)cc3)cc2Cl)c1.Cl.O=C=O.O=C=O. The first-order valence-electron chi connectivity index (χ1n) is 11.1. The zero-order valence-electron chi connectivity index (χ0n) is 21.5. The number of amides is 1. The first kappa shape index (κ1) is 35.2. The van der Waals surface area contributed by atoms with Gasteiger partial charge >= 0.3 is 18.3 Å². The third kappa shape index (κ3) is 12.2. The second-order valence-corrected chi connectivity index (χ2v) is 8.09. The molecular weight excluding hydrogens is 563 g/mol. The van der Waals surface area contributed by atoms with Crippen LogP contribution >= 0.6 is 24.0 Å². The van der Waals surface area contributed by atoms with Crippen LogP contribution in [0.25, 0.3) is 0 Å². The monoisotopic (exact) mass is 588 g/mol. The highest BCUT2D eigenvalue weighted by atomic mass is 35.5. The number of hydrogen-bond donors (Lipinski definition) is 2. The molecule has 40 heavy (non-hydrogen) atoms. The summed E-state index contributed by atoms with van der Waals surface area (Å²) in [6.07, 6.45) is 1.26. The molecule has 1 amide bonds. The average Bonchev–Trinajstić information content (AvgIpc) is 2.88. The van der Waals surface area contributed by atoms with Crippen LogP contribution in [0.4, 0.5) is 11.4 Å². The van der Waals surface area contributed by atoms with E-state index in [1.807, 2.05) is 31.2 Å². The molecule has 0 aliphatic carbocycles. The van der Waals surface area contributed by atoms with Crippen LogP contribution in [0.3, 0.4) is 0 Å². The van der Waals surface area contributed by atoms with Crippen molar-refractivity contribution in [3.8, 4) is 5.75 Å². The minimum absolute atomic E-state index is 0. The van der Waals surface area contributed by atoms with Gasteiger partial charge in [0.25, 0.3) is 0 Å². The van der Waals surface area contributed by atoms with Crippen molar-refractivity contribution in [1.82, 2.24) is 0 Å². The van der Waals surface area contributed by atoms with Crippen LogP contribution in [0.5, 0.6) is 5.75 Å². The number of carbonyl (C=O) groups is 2. The van der Waals surface area contributed by atoms with Gasteiger partial charge in [-0.1, -0.05) is 29.8 Å². The summed E-state index contributed by atoms with van der Waals surface area (Å²) in [5.41, 5.74) is 14.3. The van der Waals surface area contributed by atoms with Gasteiger partial charge in [-0.25, -0.2) is 9.79 Å². The second-order valence-electron chi connectivity index (χ2n) is 7.68. The standard InChI is InChI=1S/C25H25ClN4O3.2CO2.ClH/c1-16-4-3-5-20(14-16)30(2)23(31)13-9-17-8-12-21(15-22(17)26)33-24(32)18-6-10-19(11-7-18)29-25(27)28;2*2-1-3;/h3-8,10-12,14-15H,9,13H2,1-2H3,(H4,27,28,29);;;1H. The Morgan fingerprint density at radius 2 is 1.55 bits per heavy atom. The van der Waals surface area contributed by atoms with Gasteiger partial charge < -0.3 is 21.1 Å². The summed E-state index contributed by atoms with van der Waals surface area (Å²) in [7, 11) is 1.76. The predicted molar refractivity (Wildman–Crippen MR) is 148 cm³/mol. The number of rotatable bonds is 7. The molecule has 0 aromatic heterocycles. The number of anilines is 1. The van der Waals surface area contributed by atoms with E-state index in [0.717, 1.165) is 16.8 Å². The lowest BCUT2D eigenvalue weighted by Gasteiger charge is -2.18. The van der Waals surface area contributed by atoms with Crippen LogP contribution in [0.15, 0.2) is 71.7 Å². The van der Waals surface area contributed by atoms with Crippen LogP contribution in [-0.2, 0) is 30.4 Å². The molecule has 0 bridgehead atoms. The number of benzene rings is 3. The summed E-state index contributed by atoms with van der Waals surface area (Å²) in [5, 5.41) is 0.425. The highest BCUT2D eigenvalue weighted by Crippen LogP contribution is 2.25. The van der Waals surface area contributed by atoms with E-state index in [4.69, 9.17) is 47.0 Å². The van der Waals surface area contributed by atoms with Gasteiger partial charge in [-0.05, 0) is 73.0 Å². The van der Waals surface area contributed by atoms with Gasteiger partial charge in [0, 0.05) is 24.2 Å². The fourth-order valence-electron chi connectivity index (χ4n) is 3.17. The molecule has 0 atom stereocenters. The Morgan fingerprint density at radius 1 is 0.950 bits per heavy atom. The predicted octanol–water partition coefficient (Wildman–Crippen LogP) is 3.62. The average molecular weight is 589 g/mol. The number of nitrogens with zero attached hydrogens (tertiary/aromatic N) is 2. The maximum absolute atomic E-state index is 12.6. The van der Waals surface area contributed by atoms with Crippen LogP contribution in [0.1, 0.15) is 27.9 Å². The van der Waals surface area contributed by atoms with E-state index in [9.17, 15) is 9.59 Å². The molecule has 0 radical (unpaired) electrons. The second kappa shape index (κ2) is 18.5. The molecule has 0 heterocycles. The number of hydrogen-bond acceptors (Lipinski definition) is 8. The van der Waals surface area contributed by atoms with Crippen molar-refractivity contribution in [2.75, 3.05) is 11.9 Å². The molecule has 0 saturated carbocycles. The summed E-state index contributed by atoms with van der Waals surface area (Å²) < 4.78 is 5.41. The Hall–Kier alpha value is -4.79. The zero-order chi connectivity index (χ0) is 29.4. The molecule has 0 unspecified atom stereocenters. The maximum Gasteiger partial charge on any atom is 0.373 e. The Bertz CT molecular complexity index is 1370. The number of nitrogens with two attached hydrogens (primary N) is 2. The molecule has 11 nitrogen and oxygen atoms in total. The van der Waals surface area contributed by atoms with E-state index in [0.29, 0.717) is 34.9 Å². The number of guanidine groups is 1. The maximum atomic E-state index is 12.6. The van der Waals surface area contributed by atoms with E-state index < -0.39 is 5.97 Å². The summed E-state index contributed by atoms with van der Waals surface area (Å²) in [6.45, 7) is 1.98. The van der Waals surface area contributed by atoms with Crippen LogP contribution in [0, 0.1) is 6.92 Å². The van der Waals surface area contributed by atoms with E-state index in [2.05, 4.69) is 4.99 Å². The summed E-state index contributed by atoms with van der Waals surface area (Å²) in [4.78, 5) is 63.0. The summed E-state index contributed by atoms with van der Waals surface area (Å²) in [5.74, 6) is -0.310. The van der Waals surface area contributed by atoms with Crippen molar-refractivity contribution in [2.45, 2.75) is 19.8 Å². The normalized spacial score (nSPS) is 8.97. The molecule has 0 aliphatic rings. The van der Waals surface area contributed by atoms with Crippen LogP contribution < -0.4 is 21.1 Å². The van der Waals surface area contributed by atoms with Crippen LogP contribution in [0.2, 0.25) is 5.02 Å². The summed E-state index contributed by atoms with van der Waals surface area (Å²) in [6, 6.07) is 19.1. The van der Waals surface area contributed by atoms with Gasteiger partial charge in [0.2, 0.25) is 5.91 Å². The van der Waals surface area contributed by atoms with Gasteiger partial charge in [-0.3, -0.25) is 4.79 Å². The third-order valence-electron chi connectivity index (χ3n) is 4.97. The Morgan fingerprint density at radius 3 is 2.08 bits per heavy atom. The molecule has 3 rings (SSSR count). The summed E-state index contributed by atoms with van der Waals surface area (Å²) >= 11 is 6.37. The number of esters is 1. The highest BCUT2D eigenvalue weighted by molar-refractivity contribution is 6.31. The third-order valence-corrected chi connectivity index (χ3v) is 5.32. The fourth-order valence-corrected chi connectivity index (χ4v) is 3.44. The molecule has 0 fully saturated rings. The number of ether oxygens (including phenoxy) is 1. The first-order valence-corrected chi connectivity index (χ1v) is 11.5. The Balaban J connectivity index is 0.00000199. The molecule has 3 aromatic carbocycles. The number of halogens is 2. The van der Waals surface area contributed by atoms with E-state index in [1.54, 1.807) is 54.4 Å². The molecule has 0 aliphatic heterocycles. The van der Waals surface area contributed by atoms with Gasteiger partial charge in [-0.15, -0.1) is 12.4 Å². The van der Waals surface area contributed by atoms with Gasteiger partial charge in [0.1, 0.15) is 5.75 Å². The molecule has 0 saturated heterocycles. The number of carbonyl (C=O) groups excluding carboxylic acids is 6. The van der Waals surface area contributed by atoms with Crippen molar-refractivity contribution in [3.63, 3.8) is 0 Å². The van der Waals surface area contributed by atoms with Crippen molar-refractivity contribution in [3.05, 3.63) is 88.4 Å². The quantitative estimate of drug-likeness (QED) is 0.180. The van der Waals surface area contributed by atoms with E-state index >= 15 is 0 Å². The Labute approximate surface area is 241 Å². The van der Waals surface area contributed by atoms with Gasteiger partial charge in [0.05, 0.1) is 11.3 Å². The molecule has 4 N–H and O–H groups in total.